The standard InChI is InChI=1S/2C35H37NO8.C21H28O6.C15H12O3.CH4/c2*1-33-13-12-23(38)14-21(33)10-11-25-26-16-29-35(28(40)18-37,34(26,2)17-27(39)30(25)33)44-32(43-29)20-8-6-19(7-9-20)31(41)42-24-5-3-4-22(36)15-24;1-19-6-5-12(23)7-11(19)3-4-13-14-8-16(25)21(27,17(26)10-22)20(14,2)9-15(24)18(13)19;1-11-3-2-4-14(9-11)18-15(17)13-7-5-12(10-16)6-8-13;/h2*3-9,12-15,25-27,29-30,32,37,39H,10-11,16-18,36H2,1-2H3;5-7,13-16,18,22,24-25,27H,3-4,8-10H2,1-2H3;2-10H,1H3;1H4/t25-,26-,27-,29+,30+,32+,33-,34-,35+;25-,26-,27-,29+,30+,32-,33-,34-,35+;13-,14-,15-,16+,18+,19-,20-,21-;;/m000../s1. The Morgan fingerprint density at radius 2 is 0.784 bits per heavy atom. The molecule has 0 amide bonds. The number of anilines is 2. The molecule has 134 heavy (non-hydrogen) atoms. The van der Waals surface area contributed by atoms with Gasteiger partial charge >= 0.3 is 17.9 Å². The lowest BCUT2D eigenvalue weighted by molar-refractivity contribution is -0.201. The summed E-state index contributed by atoms with van der Waals surface area (Å²) >= 11 is 0. The molecule has 2 aliphatic heterocycles. The molecule has 0 aromatic heterocycles. The van der Waals surface area contributed by atoms with Crippen molar-refractivity contribution in [1.29, 1.82) is 0 Å². The first-order valence-corrected chi connectivity index (χ1v) is 45.8. The first-order valence-electron chi connectivity index (χ1n) is 45.8. The number of nitrogen functional groups attached to an aromatic ring is 2. The number of allylic oxidation sites excluding steroid dienone is 12. The molecule has 9 saturated carbocycles. The van der Waals surface area contributed by atoms with Crippen LogP contribution in [0.25, 0.3) is 0 Å². The smallest absolute Gasteiger partial charge is 0.343 e. The minimum absolute atomic E-state index is 0. The number of carbonyl (C=O) groups excluding carboxylic acids is 10. The highest BCUT2D eigenvalue weighted by atomic mass is 16.8. The van der Waals surface area contributed by atoms with Gasteiger partial charge in [0, 0.05) is 90.4 Å². The zero-order chi connectivity index (χ0) is 94.8. The summed E-state index contributed by atoms with van der Waals surface area (Å²) in [5.74, 6) is -2.42. The van der Waals surface area contributed by atoms with Gasteiger partial charge in [-0.05, 0) is 234 Å². The second-order valence-electron chi connectivity index (χ2n) is 40.1. The summed E-state index contributed by atoms with van der Waals surface area (Å²) in [7, 11) is 0. The van der Waals surface area contributed by atoms with Gasteiger partial charge in [0.05, 0.1) is 53.3 Å². The number of aliphatic hydroxyl groups excluding tert-OH is 7. The number of hydrogen-bond donors (Lipinski definition) is 10. The summed E-state index contributed by atoms with van der Waals surface area (Å²) in [5.41, 5.74) is 10.7. The van der Waals surface area contributed by atoms with E-state index in [2.05, 4.69) is 13.8 Å². The maximum Gasteiger partial charge on any atom is 0.343 e. The Morgan fingerprint density at radius 3 is 1.13 bits per heavy atom. The Morgan fingerprint density at radius 1 is 0.448 bits per heavy atom. The van der Waals surface area contributed by atoms with Crippen LogP contribution in [0, 0.1) is 92.7 Å². The van der Waals surface area contributed by atoms with E-state index in [1.54, 1.807) is 177 Å². The quantitative estimate of drug-likeness (QED) is 0.0197. The minimum atomic E-state index is -2.05. The number of fused-ring (bicyclic) bond motifs is 19. The molecule has 706 valence electrons. The molecule has 0 unspecified atom stereocenters. The summed E-state index contributed by atoms with van der Waals surface area (Å²) in [4.78, 5) is 124. The highest BCUT2D eigenvalue weighted by Gasteiger charge is 2.79. The molecule has 6 aromatic rings. The van der Waals surface area contributed by atoms with Crippen molar-refractivity contribution in [3.63, 3.8) is 0 Å². The third kappa shape index (κ3) is 15.8. The molecule has 27 heteroatoms. The molecular weight excluding hydrogens is 1710 g/mol. The van der Waals surface area contributed by atoms with Crippen molar-refractivity contribution in [3.8, 4) is 17.2 Å². The van der Waals surface area contributed by atoms with Crippen molar-refractivity contribution >= 4 is 70.3 Å². The van der Waals surface area contributed by atoms with E-state index in [-0.39, 0.29) is 90.9 Å². The van der Waals surface area contributed by atoms with Gasteiger partial charge in [-0.15, -0.1) is 0 Å². The van der Waals surface area contributed by atoms with Crippen molar-refractivity contribution in [2.24, 2.45) is 85.8 Å². The van der Waals surface area contributed by atoms with E-state index >= 15 is 0 Å². The van der Waals surface area contributed by atoms with Crippen molar-refractivity contribution in [2.75, 3.05) is 31.3 Å². The van der Waals surface area contributed by atoms with Gasteiger partial charge in [-0.25, -0.2) is 14.4 Å². The Bertz CT molecular complexity index is 5640. The van der Waals surface area contributed by atoms with Gasteiger partial charge in [-0.1, -0.05) is 145 Å². The van der Waals surface area contributed by atoms with Crippen LogP contribution >= 0.6 is 0 Å². The lowest BCUT2D eigenvalue weighted by Crippen LogP contribution is -2.63. The first kappa shape index (κ1) is 96.1. The number of aliphatic hydroxyl groups is 8. The molecule has 26 atom stereocenters. The monoisotopic (exact) mass is 1830 g/mol. The molecule has 27 nitrogen and oxygen atoms in total. The van der Waals surface area contributed by atoms with E-state index in [4.69, 9.17) is 44.6 Å². The van der Waals surface area contributed by atoms with Gasteiger partial charge < -0.3 is 85.5 Å². The summed E-state index contributed by atoms with van der Waals surface area (Å²) in [5, 5.41) is 86.3. The lowest BCUT2D eigenvalue weighted by Gasteiger charge is -2.59. The topological polar surface area (TPSA) is 449 Å². The van der Waals surface area contributed by atoms with Gasteiger partial charge in [0.25, 0.3) is 0 Å². The number of rotatable bonds is 15. The summed E-state index contributed by atoms with van der Waals surface area (Å²) in [6, 6.07) is 40.1. The molecule has 14 aliphatic rings. The van der Waals surface area contributed by atoms with E-state index in [1.165, 1.54) is 0 Å². The number of aldehydes is 1. The summed E-state index contributed by atoms with van der Waals surface area (Å²) in [6.07, 6.45) is 16.5. The molecule has 0 radical (unpaired) electrons. The second-order valence-corrected chi connectivity index (χ2v) is 40.1. The van der Waals surface area contributed by atoms with Crippen LogP contribution < -0.4 is 25.7 Å². The fourth-order valence-corrected chi connectivity index (χ4v) is 27.2. The van der Waals surface area contributed by atoms with Crippen LogP contribution in [0.15, 0.2) is 217 Å². The Balaban J connectivity index is 0.000000136. The van der Waals surface area contributed by atoms with E-state index in [9.17, 15) is 88.8 Å². The van der Waals surface area contributed by atoms with Gasteiger partial charge in [-0.2, -0.15) is 0 Å². The maximum absolute atomic E-state index is 13.7. The third-order valence-electron chi connectivity index (χ3n) is 33.3. The number of nitrogens with two attached hydrogens (primary N) is 2. The number of carbonyl (C=O) groups is 10. The number of hydrogen-bond acceptors (Lipinski definition) is 27. The van der Waals surface area contributed by atoms with Gasteiger partial charge in [0.2, 0.25) is 0 Å². The molecule has 6 aromatic carbocycles. The van der Waals surface area contributed by atoms with E-state index in [1.807, 2.05) is 58.1 Å². The van der Waals surface area contributed by atoms with Gasteiger partial charge in [0.15, 0.2) is 64.1 Å². The molecule has 2 heterocycles. The van der Waals surface area contributed by atoms with E-state index in [0.29, 0.717) is 87.7 Å². The molecule has 20 rings (SSSR count). The minimum Gasteiger partial charge on any atom is -0.423 e. The second kappa shape index (κ2) is 36.2. The van der Waals surface area contributed by atoms with Crippen molar-refractivity contribution in [3.05, 3.63) is 256 Å². The predicted molar refractivity (Wildman–Crippen MR) is 489 cm³/mol. The number of benzene rings is 6. The van der Waals surface area contributed by atoms with Crippen LogP contribution in [-0.4, -0.2) is 173 Å². The molecule has 11 fully saturated rings. The Labute approximate surface area is 777 Å². The summed E-state index contributed by atoms with van der Waals surface area (Å²) < 4.78 is 42.3. The number of esters is 3. The largest absolute Gasteiger partial charge is 0.423 e. The van der Waals surface area contributed by atoms with Crippen molar-refractivity contribution < 1.29 is 122 Å². The average molecular weight is 1830 g/mol. The number of Topliss-reactive ketones (excluding diaryl/α,β-unsaturated/α-hetero) is 3. The SMILES string of the molecule is C.C[C@]12C=CC(=O)C=C1CC[C@@H]1[C@@H]2[C@@H](O)C[C@@]2(C)[C@H]1C[C@@H](O)[C@]2(O)C(=O)CO.C[C@]12C=CC(=O)C=C1CC[C@@H]1[C@@H]2[C@@H](O)C[C@@]2(C)[C@H]1C[C@H]1O[C@@H](c3ccc(C(=O)Oc4cccc(N)c4)cc3)O[C@]12C(=O)CO.C[C@]12C=CC(=O)C=C1CC[C@@H]1[C@@H]2[C@@H](O)C[C@@]2(C)[C@H]1C[C@H]1O[C@H](c3ccc(C(=O)Oc4cccc(N)c4)cc3)O[C@]12C(=O)CO.Cc1cccc(OC(=O)c2ccc(C=O)cc2)c1. The summed E-state index contributed by atoms with van der Waals surface area (Å²) in [6.45, 7) is 11.7. The zero-order valence-electron chi connectivity index (χ0n) is 75.2. The maximum atomic E-state index is 13.7. The molecular formula is C107H118N2O25. The van der Waals surface area contributed by atoms with Crippen LogP contribution in [-0.2, 0) is 47.7 Å². The van der Waals surface area contributed by atoms with E-state index < -0.39 is 154 Å². The first-order chi connectivity index (χ1) is 63.3. The van der Waals surface area contributed by atoms with Crippen LogP contribution in [0.5, 0.6) is 17.2 Å². The number of ether oxygens (including phenoxy) is 7. The highest BCUT2D eigenvalue weighted by molar-refractivity contribution is 6.03. The van der Waals surface area contributed by atoms with Crippen molar-refractivity contribution in [2.45, 2.75) is 199 Å². The van der Waals surface area contributed by atoms with Gasteiger partial charge in [0.1, 0.15) is 43.4 Å². The molecule has 2 saturated heterocycles. The lowest BCUT2D eigenvalue weighted by atomic mass is 9.46. The van der Waals surface area contributed by atoms with Gasteiger partial charge in [-0.3, -0.25) is 33.6 Å². The molecule has 12 aliphatic carbocycles. The zero-order valence-corrected chi connectivity index (χ0v) is 75.2. The van der Waals surface area contributed by atoms with Crippen LogP contribution in [0.1, 0.15) is 197 Å². The third-order valence-corrected chi connectivity index (χ3v) is 33.3. The molecule has 12 N–H and O–H groups in total. The van der Waals surface area contributed by atoms with E-state index in [0.717, 1.165) is 67.1 Å². The van der Waals surface area contributed by atoms with Crippen LogP contribution in [0.3, 0.4) is 0 Å². The van der Waals surface area contributed by atoms with Crippen LogP contribution in [0.2, 0.25) is 0 Å². The normalized spacial score (nSPS) is 37.0. The fraction of sp³-hybridized carbons (Fsp3) is 0.458. The average Bonchev–Trinajstić information content (AvgIpc) is 1.51. The molecule has 0 spiro atoms. The van der Waals surface area contributed by atoms with Crippen molar-refractivity contribution in [1.82, 2.24) is 0 Å². The number of ketones is 6. The van der Waals surface area contributed by atoms with Crippen LogP contribution in [0.4, 0.5) is 11.4 Å². The molecule has 0 bridgehead atoms. The number of aryl methyl sites for hydroxylation is 1. The predicted octanol–water partition coefficient (Wildman–Crippen LogP) is 12.4. The Hall–Kier alpha value is -11.0. The fourth-order valence-electron chi connectivity index (χ4n) is 27.2. The Kier molecular flexibility index (Phi) is 26.0. The highest BCUT2D eigenvalue weighted by Crippen LogP contribution is 2.74.